The first kappa shape index (κ1) is 37.3. The summed E-state index contributed by atoms with van der Waals surface area (Å²) >= 11 is 0. The Bertz CT molecular complexity index is 4620. The molecule has 0 fully saturated rings. The first-order valence-corrected chi connectivity index (χ1v) is 23.7. The van der Waals surface area contributed by atoms with Crippen molar-refractivity contribution in [3.8, 4) is 16.8 Å². The fourth-order valence-electron chi connectivity index (χ4n) is 12.2. The average molecular weight is 859 g/mol. The lowest BCUT2D eigenvalue weighted by Gasteiger charge is -2.21. The molecule has 6 heterocycles. The minimum atomic E-state index is -0.0834. The predicted molar refractivity (Wildman–Crippen MR) is 286 cm³/mol. The molecule has 6 aromatic heterocycles. The van der Waals surface area contributed by atoms with Crippen molar-refractivity contribution in [1.29, 1.82) is 0 Å². The van der Waals surface area contributed by atoms with Crippen LogP contribution in [0.1, 0.15) is 52.7 Å². The monoisotopic (exact) mass is 858 g/mol. The molecule has 4 heteroatoms. The minimum Gasteiger partial charge on any atom is -0.309 e. The molecule has 0 N–H and O–H groups in total. The Balaban J connectivity index is 1.14. The van der Waals surface area contributed by atoms with E-state index in [1.165, 1.54) is 136 Å². The van der Waals surface area contributed by atoms with Crippen LogP contribution >= 0.6 is 0 Å². The van der Waals surface area contributed by atoms with Crippen molar-refractivity contribution in [3.63, 3.8) is 0 Å². The molecule has 0 saturated heterocycles. The summed E-state index contributed by atoms with van der Waals surface area (Å²) in [6.45, 7) is 14.1. The summed E-state index contributed by atoms with van der Waals surface area (Å²) in [6, 6.07) is 61.7. The number of hydrogen-bond acceptors (Lipinski definition) is 1. The topological polar surface area (TPSA) is 26.6 Å². The predicted octanol–water partition coefficient (Wildman–Crippen LogP) is 17.0. The number of benzene rings is 9. The van der Waals surface area contributed by atoms with Gasteiger partial charge in [-0.25, -0.2) is 4.98 Å². The van der Waals surface area contributed by atoms with Crippen LogP contribution in [-0.4, -0.2) is 18.4 Å². The number of para-hydroxylation sites is 2. The van der Waals surface area contributed by atoms with Crippen LogP contribution in [0, 0.1) is 0 Å². The molecule has 0 aliphatic rings. The van der Waals surface area contributed by atoms with Gasteiger partial charge in [0.25, 0.3) is 0 Å². The van der Waals surface area contributed by atoms with Crippen molar-refractivity contribution in [1.82, 2.24) is 18.4 Å². The molecule has 0 spiro atoms. The van der Waals surface area contributed by atoms with Crippen molar-refractivity contribution >= 4 is 120 Å². The maximum absolute atomic E-state index is 5.61. The zero-order valence-electron chi connectivity index (χ0n) is 38.5. The van der Waals surface area contributed by atoms with E-state index < -0.39 is 0 Å². The Morgan fingerprint density at radius 1 is 0.373 bits per heavy atom. The van der Waals surface area contributed by atoms with E-state index in [0.717, 1.165) is 11.2 Å². The molecule has 67 heavy (non-hydrogen) atoms. The van der Waals surface area contributed by atoms with E-state index in [2.05, 4.69) is 225 Å². The normalized spacial score (nSPS) is 13.2. The van der Waals surface area contributed by atoms with Crippen molar-refractivity contribution in [2.75, 3.05) is 0 Å². The second kappa shape index (κ2) is 12.5. The third kappa shape index (κ3) is 4.74. The maximum Gasteiger partial charge on any atom is 0.146 e. The number of nitrogens with zero attached hydrogens (tertiary/aromatic N) is 4. The molecule has 0 unspecified atom stereocenters. The number of rotatable bonds is 2. The summed E-state index contributed by atoms with van der Waals surface area (Å²) in [5, 5.41) is 17.8. The van der Waals surface area contributed by atoms with Crippen molar-refractivity contribution < 1.29 is 0 Å². The second-order valence-corrected chi connectivity index (χ2v) is 21.2. The van der Waals surface area contributed by atoms with Gasteiger partial charge in [-0.1, -0.05) is 139 Å². The van der Waals surface area contributed by atoms with Gasteiger partial charge in [0, 0.05) is 65.1 Å². The summed E-state index contributed by atoms with van der Waals surface area (Å²) in [6.07, 6.45) is 2.19. The minimum absolute atomic E-state index is 0.0693. The van der Waals surface area contributed by atoms with Crippen LogP contribution in [0.15, 0.2) is 170 Å². The molecule has 15 aromatic rings. The van der Waals surface area contributed by atoms with E-state index in [1.54, 1.807) is 0 Å². The van der Waals surface area contributed by atoms with Crippen molar-refractivity contribution in [2.24, 2.45) is 0 Å². The quantitative estimate of drug-likeness (QED) is 0.170. The lowest BCUT2D eigenvalue weighted by atomic mass is 9.83. The van der Waals surface area contributed by atoms with Gasteiger partial charge in [-0.05, 0) is 116 Å². The van der Waals surface area contributed by atoms with Gasteiger partial charge < -0.3 is 8.97 Å². The van der Waals surface area contributed by atoms with Crippen LogP contribution in [-0.2, 0) is 10.8 Å². The van der Waals surface area contributed by atoms with Crippen LogP contribution in [0.25, 0.3) is 136 Å². The molecule has 318 valence electrons. The van der Waals surface area contributed by atoms with Crippen LogP contribution in [0.4, 0.5) is 0 Å². The van der Waals surface area contributed by atoms with Gasteiger partial charge in [0.05, 0.1) is 44.8 Å². The average Bonchev–Trinajstić information content (AvgIpc) is 4.13. The molecule has 0 atom stereocenters. The highest BCUT2D eigenvalue weighted by Crippen LogP contribution is 2.52. The van der Waals surface area contributed by atoms with E-state index in [4.69, 9.17) is 4.98 Å². The Morgan fingerprint density at radius 3 is 1.76 bits per heavy atom. The van der Waals surface area contributed by atoms with Crippen molar-refractivity contribution in [2.45, 2.75) is 52.4 Å². The lowest BCUT2D eigenvalue weighted by Crippen LogP contribution is -2.11. The fraction of sp³-hybridized carbons (Fsp3) is 0.127. The molecule has 0 saturated carbocycles. The molecular formula is C63H46N4. The highest BCUT2D eigenvalue weighted by Gasteiger charge is 2.30. The zero-order chi connectivity index (χ0) is 44.8. The number of hydrogen-bond donors (Lipinski definition) is 0. The van der Waals surface area contributed by atoms with Crippen LogP contribution in [0.5, 0.6) is 0 Å². The number of fused-ring (bicyclic) bond motifs is 20. The molecule has 0 bridgehead atoms. The van der Waals surface area contributed by atoms with Gasteiger partial charge in [-0.15, -0.1) is 0 Å². The van der Waals surface area contributed by atoms with Gasteiger partial charge in [0.1, 0.15) is 5.65 Å². The maximum atomic E-state index is 5.61. The van der Waals surface area contributed by atoms with Gasteiger partial charge in [0.15, 0.2) is 0 Å². The molecular weight excluding hydrogens is 813 g/mol. The molecule has 15 rings (SSSR count). The van der Waals surface area contributed by atoms with E-state index in [1.807, 2.05) is 0 Å². The lowest BCUT2D eigenvalue weighted by molar-refractivity contribution is 0.591. The summed E-state index contributed by atoms with van der Waals surface area (Å²) in [5.74, 6) is 0. The third-order valence-electron chi connectivity index (χ3n) is 15.4. The Morgan fingerprint density at radius 2 is 0.985 bits per heavy atom. The van der Waals surface area contributed by atoms with Crippen molar-refractivity contribution in [3.05, 3.63) is 181 Å². The molecule has 0 aliphatic heterocycles. The van der Waals surface area contributed by atoms with Crippen LogP contribution < -0.4 is 0 Å². The highest BCUT2D eigenvalue weighted by molar-refractivity contribution is 6.40. The standard InChI is InChI=1S/C63H46N4/c1-62(2,3)38-30-44(37-25-26-51-45(28-37)43-22-14-15-23-50(43)65(51)40-18-8-7-9-19-40)58-47(31-38)46-29-36-17-11-13-21-42(36)55-57-53(66(58)60(46)55)34-64-61-56(57)49-33-39(63(4,5)6)32-48-54-41-20-12-10-16-35(41)24-27-52(54)67(61)59(48)49/h7-34H,1-6H3. The Labute approximate surface area is 386 Å². The van der Waals surface area contributed by atoms with E-state index in [9.17, 15) is 0 Å². The summed E-state index contributed by atoms with van der Waals surface area (Å²) in [5.41, 5.74) is 15.7. The van der Waals surface area contributed by atoms with Crippen LogP contribution in [0.3, 0.4) is 0 Å². The SMILES string of the molecule is CC(C)(C)c1cc(-c2ccc3c(c2)c2ccccc2n3-c2ccccc2)c2c(c1)c1cc3ccccc3c3c4c5c6cc(C(C)(C)C)cc7c8c9ccccc9ccc8n(c5ncc4n2c13)c76. The highest BCUT2D eigenvalue weighted by atomic mass is 15.0. The van der Waals surface area contributed by atoms with Gasteiger partial charge in [-0.2, -0.15) is 0 Å². The number of pyridine rings is 1. The summed E-state index contributed by atoms with van der Waals surface area (Å²) < 4.78 is 7.48. The summed E-state index contributed by atoms with van der Waals surface area (Å²) in [4.78, 5) is 5.61. The molecule has 9 aromatic carbocycles. The van der Waals surface area contributed by atoms with Crippen LogP contribution in [0.2, 0.25) is 0 Å². The second-order valence-electron chi connectivity index (χ2n) is 21.2. The zero-order valence-corrected chi connectivity index (χ0v) is 38.5. The van der Waals surface area contributed by atoms with Gasteiger partial charge in [-0.3, -0.25) is 4.40 Å². The van der Waals surface area contributed by atoms with E-state index in [0.29, 0.717) is 0 Å². The Kier molecular flexibility index (Phi) is 6.94. The first-order valence-electron chi connectivity index (χ1n) is 23.7. The summed E-state index contributed by atoms with van der Waals surface area (Å²) in [7, 11) is 0. The number of aromatic nitrogens is 4. The van der Waals surface area contributed by atoms with E-state index in [-0.39, 0.29) is 10.8 Å². The molecule has 0 aliphatic carbocycles. The largest absolute Gasteiger partial charge is 0.309 e. The smallest absolute Gasteiger partial charge is 0.146 e. The molecule has 0 radical (unpaired) electrons. The molecule has 0 amide bonds. The Hall–Kier alpha value is -7.95. The fourth-order valence-corrected chi connectivity index (χ4v) is 12.2. The third-order valence-corrected chi connectivity index (χ3v) is 15.4. The molecule has 4 nitrogen and oxygen atoms in total. The van der Waals surface area contributed by atoms with Gasteiger partial charge >= 0.3 is 0 Å². The first-order chi connectivity index (χ1) is 32.5. The van der Waals surface area contributed by atoms with E-state index >= 15 is 0 Å². The van der Waals surface area contributed by atoms with Gasteiger partial charge in [0.2, 0.25) is 0 Å².